The summed E-state index contributed by atoms with van der Waals surface area (Å²) >= 11 is 0. The van der Waals surface area contributed by atoms with Gasteiger partial charge in [0.25, 0.3) is 15.4 Å². The van der Waals surface area contributed by atoms with Crippen LogP contribution in [-0.4, -0.2) is 18.9 Å². The van der Waals surface area contributed by atoms with E-state index in [2.05, 4.69) is 4.98 Å². The van der Waals surface area contributed by atoms with Gasteiger partial charge in [0.15, 0.2) is 0 Å². The standard InChI is InChI=1S/C14H9F3N2O3S/c1-8-5-11(12(7-18)13(20)19-8)9-3-2-4-10(6-9)23(21,22)14(15,16)17/h2-6H,1H3,(H,19,20). The Balaban J connectivity index is 2.73. The molecule has 2 rings (SSSR count). The molecule has 0 fully saturated rings. The van der Waals surface area contributed by atoms with E-state index in [4.69, 9.17) is 5.26 Å². The molecule has 9 heteroatoms. The van der Waals surface area contributed by atoms with E-state index in [1.165, 1.54) is 19.1 Å². The molecule has 23 heavy (non-hydrogen) atoms. The molecule has 0 unspecified atom stereocenters. The van der Waals surface area contributed by atoms with E-state index < -0.39 is 25.8 Å². The van der Waals surface area contributed by atoms with Gasteiger partial charge in [-0.15, -0.1) is 0 Å². The molecule has 0 aliphatic carbocycles. The number of aromatic nitrogens is 1. The van der Waals surface area contributed by atoms with E-state index in [1.807, 2.05) is 0 Å². The molecule has 5 nitrogen and oxygen atoms in total. The smallest absolute Gasteiger partial charge is 0.325 e. The Morgan fingerprint density at radius 3 is 2.43 bits per heavy atom. The van der Waals surface area contributed by atoms with Crippen molar-refractivity contribution in [1.29, 1.82) is 5.26 Å². The first kappa shape index (κ1) is 16.8. The maximum absolute atomic E-state index is 12.6. The molecule has 120 valence electrons. The number of pyridine rings is 1. The molecule has 0 saturated carbocycles. The number of rotatable bonds is 2. The van der Waals surface area contributed by atoms with Crippen molar-refractivity contribution in [1.82, 2.24) is 4.98 Å². The number of benzene rings is 1. The Kier molecular flexibility index (Phi) is 4.05. The Hall–Kier alpha value is -2.60. The van der Waals surface area contributed by atoms with E-state index in [0.29, 0.717) is 5.69 Å². The summed E-state index contributed by atoms with van der Waals surface area (Å²) in [6.07, 6.45) is 0. The highest BCUT2D eigenvalue weighted by Crippen LogP contribution is 2.32. The van der Waals surface area contributed by atoms with Crippen LogP contribution in [0.25, 0.3) is 11.1 Å². The number of nitrogens with zero attached hydrogens (tertiary/aromatic N) is 1. The van der Waals surface area contributed by atoms with Gasteiger partial charge in [0.1, 0.15) is 11.6 Å². The summed E-state index contributed by atoms with van der Waals surface area (Å²) in [5.74, 6) is 0. The molecule has 1 N–H and O–H groups in total. The topological polar surface area (TPSA) is 90.8 Å². The van der Waals surface area contributed by atoms with E-state index in [0.717, 1.165) is 18.2 Å². The lowest BCUT2D eigenvalue weighted by atomic mass is 10.0. The van der Waals surface area contributed by atoms with E-state index in [1.54, 1.807) is 6.07 Å². The molecule has 0 amide bonds. The van der Waals surface area contributed by atoms with Gasteiger partial charge < -0.3 is 4.98 Å². The fraction of sp³-hybridized carbons (Fsp3) is 0.143. The second-order valence-corrected chi connectivity index (χ2v) is 6.60. The highest BCUT2D eigenvalue weighted by atomic mass is 32.2. The van der Waals surface area contributed by atoms with Crippen LogP contribution in [-0.2, 0) is 9.84 Å². The fourth-order valence-corrected chi connectivity index (χ4v) is 2.80. The number of sulfone groups is 1. The summed E-state index contributed by atoms with van der Waals surface area (Å²) in [7, 11) is -5.52. The number of alkyl halides is 3. The van der Waals surface area contributed by atoms with Gasteiger partial charge in [-0.05, 0) is 30.7 Å². The zero-order valence-corrected chi connectivity index (χ0v) is 12.4. The Morgan fingerprint density at radius 2 is 1.87 bits per heavy atom. The lowest BCUT2D eigenvalue weighted by Gasteiger charge is -2.10. The number of H-pyrrole nitrogens is 1. The highest BCUT2D eigenvalue weighted by Gasteiger charge is 2.46. The molecule has 1 aromatic carbocycles. The monoisotopic (exact) mass is 342 g/mol. The van der Waals surface area contributed by atoms with Crippen LogP contribution in [0.4, 0.5) is 13.2 Å². The van der Waals surface area contributed by atoms with Gasteiger partial charge >= 0.3 is 5.51 Å². The number of hydrogen-bond donors (Lipinski definition) is 1. The second-order valence-electron chi connectivity index (χ2n) is 4.66. The van der Waals surface area contributed by atoms with Gasteiger partial charge in [-0.25, -0.2) is 8.42 Å². The predicted molar refractivity (Wildman–Crippen MR) is 75.2 cm³/mol. The van der Waals surface area contributed by atoms with Crippen LogP contribution in [0, 0.1) is 18.3 Å². The third kappa shape index (κ3) is 2.98. The molecule has 0 aliphatic heterocycles. The van der Waals surface area contributed by atoms with Crippen molar-refractivity contribution in [2.45, 2.75) is 17.3 Å². The van der Waals surface area contributed by atoms with Gasteiger partial charge in [0.2, 0.25) is 0 Å². The van der Waals surface area contributed by atoms with Crippen LogP contribution in [0.15, 0.2) is 40.0 Å². The van der Waals surface area contributed by atoms with Gasteiger partial charge in [0.05, 0.1) is 4.90 Å². The van der Waals surface area contributed by atoms with Crippen LogP contribution >= 0.6 is 0 Å². The van der Waals surface area contributed by atoms with Gasteiger partial charge in [0, 0.05) is 11.3 Å². The lowest BCUT2D eigenvalue weighted by molar-refractivity contribution is -0.0435. The van der Waals surface area contributed by atoms with Crippen LogP contribution in [0.1, 0.15) is 11.3 Å². The Labute approximate surface area is 128 Å². The fourth-order valence-electron chi connectivity index (χ4n) is 1.99. The number of halogens is 3. The van der Waals surface area contributed by atoms with Gasteiger partial charge in [-0.1, -0.05) is 12.1 Å². The van der Waals surface area contributed by atoms with Crippen molar-refractivity contribution < 1.29 is 21.6 Å². The first-order chi connectivity index (χ1) is 10.6. The molecule has 0 saturated heterocycles. The minimum atomic E-state index is -5.52. The van der Waals surface area contributed by atoms with Gasteiger partial charge in [-0.3, -0.25) is 4.79 Å². The minimum Gasteiger partial charge on any atom is -0.325 e. The molecule has 2 aromatic rings. The molecule has 0 spiro atoms. The Morgan fingerprint density at radius 1 is 1.22 bits per heavy atom. The minimum absolute atomic E-state index is 0.0288. The van der Waals surface area contributed by atoms with Crippen molar-refractivity contribution in [2.24, 2.45) is 0 Å². The van der Waals surface area contributed by atoms with Crippen molar-refractivity contribution in [3.63, 3.8) is 0 Å². The molecule has 0 atom stereocenters. The number of aryl methyl sites for hydroxylation is 1. The number of nitrogens with one attached hydrogen (secondary N) is 1. The van der Waals surface area contributed by atoms with E-state index >= 15 is 0 Å². The quantitative estimate of drug-likeness (QED) is 0.908. The van der Waals surface area contributed by atoms with E-state index in [-0.39, 0.29) is 16.7 Å². The average molecular weight is 342 g/mol. The maximum atomic E-state index is 12.6. The summed E-state index contributed by atoms with van der Waals surface area (Å²) in [5, 5.41) is 9.04. The highest BCUT2D eigenvalue weighted by molar-refractivity contribution is 7.92. The summed E-state index contributed by atoms with van der Waals surface area (Å²) in [4.78, 5) is 13.2. The summed E-state index contributed by atoms with van der Waals surface area (Å²) < 4.78 is 60.8. The normalized spacial score (nSPS) is 12.0. The van der Waals surface area contributed by atoms with Gasteiger partial charge in [-0.2, -0.15) is 18.4 Å². The molecule has 1 aromatic heterocycles. The molecular weight excluding hydrogens is 333 g/mol. The maximum Gasteiger partial charge on any atom is 0.501 e. The van der Waals surface area contributed by atoms with Crippen molar-refractivity contribution in [2.75, 3.05) is 0 Å². The number of aromatic amines is 1. The summed E-state index contributed by atoms with van der Waals surface area (Å²) in [5.41, 5.74) is -5.97. The zero-order chi connectivity index (χ0) is 17.4. The lowest BCUT2D eigenvalue weighted by Crippen LogP contribution is -2.23. The average Bonchev–Trinajstić information content (AvgIpc) is 2.45. The summed E-state index contributed by atoms with van der Waals surface area (Å²) in [6, 6.07) is 7.08. The predicted octanol–water partition coefficient (Wildman–Crippen LogP) is 2.52. The number of hydrogen-bond acceptors (Lipinski definition) is 4. The van der Waals surface area contributed by atoms with Crippen LogP contribution < -0.4 is 5.56 Å². The SMILES string of the molecule is Cc1cc(-c2cccc(S(=O)(=O)C(F)(F)F)c2)c(C#N)c(=O)[nH]1. The number of nitriles is 1. The molecule has 0 aliphatic rings. The van der Waals surface area contributed by atoms with Crippen molar-refractivity contribution in [3.05, 3.63) is 51.9 Å². The molecule has 0 bridgehead atoms. The first-order valence-corrected chi connectivity index (χ1v) is 7.62. The second kappa shape index (κ2) is 5.55. The molecular formula is C14H9F3N2O3S. The Bertz CT molecular complexity index is 970. The van der Waals surface area contributed by atoms with Crippen LogP contribution in [0.5, 0.6) is 0 Å². The first-order valence-electron chi connectivity index (χ1n) is 6.13. The molecule has 1 heterocycles. The van der Waals surface area contributed by atoms with Crippen molar-refractivity contribution in [3.8, 4) is 17.2 Å². The van der Waals surface area contributed by atoms with E-state index in [9.17, 15) is 26.4 Å². The zero-order valence-electron chi connectivity index (χ0n) is 11.6. The van der Waals surface area contributed by atoms with Crippen LogP contribution in [0.3, 0.4) is 0 Å². The molecule has 0 radical (unpaired) electrons. The largest absolute Gasteiger partial charge is 0.501 e. The van der Waals surface area contributed by atoms with Crippen LogP contribution in [0.2, 0.25) is 0 Å². The summed E-state index contributed by atoms with van der Waals surface area (Å²) in [6.45, 7) is 1.53. The third-order valence-corrected chi connectivity index (χ3v) is 4.52. The third-order valence-electron chi connectivity index (χ3n) is 3.04. The van der Waals surface area contributed by atoms with Crippen molar-refractivity contribution >= 4 is 9.84 Å².